The van der Waals surface area contributed by atoms with Crippen LogP contribution >= 0.6 is 0 Å². The van der Waals surface area contributed by atoms with E-state index < -0.39 is 0 Å². The molecule has 0 saturated carbocycles. The van der Waals surface area contributed by atoms with Crippen molar-refractivity contribution in [2.24, 2.45) is 0 Å². The normalized spacial score (nSPS) is 25.2. The summed E-state index contributed by atoms with van der Waals surface area (Å²) >= 11 is 0. The summed E-state index contributed by atoms with van der Waals surface area (Å²) in [5, 5.41) is 2.97. The lowest BCUT2D eigenvalue weighted by atomic mass is 9.61. The number of likely N-dealkylation sites (tertiary alicyclic amines) is 1. The molecule has 2 N–H and O–H groups in total. The molecule has 2 aromatic carbocycles. The van der Waals surface area contributed by atoms with Gasteiger partial charge in [-0.15, -0.1) is 0 Å². The summed E-state index contributed by atoms with van der Waals surface area (Å²) in [5.74, 6) is 1.34. The SMILES string of the molecule is COc1ccc2c(c1)[C@]1(C)CCN(C)[C@H](C2)[C@@H]1N(C)C(=O)Nc1nc2ccccc2[nH]1. The average Bonchev–Trinajstić information content (AvgIpc) is 3.18. The number of carbonyl (C=O) groups excluding carboxylic acids is 1. The highest BCUT2D eigenvalue weighted by molar-refractivity contribution is 5.90. The van der Waals surface area contributed by atoms with Gasteiger partial charge in [-0.2, -0.15) is 0 Å². The molecule has 1 fully saturated rings. The fraction of sp³-hybridized carbons (Fsp3) is 0.417. The number of aromatic amines is 1. The zero-order chi connectivity index (χ0) is 21.8. The van der Waals surface area contributed by atoms with Crippen molar-refractivity contribution in [3.63, 3.8) is 0 Å². The molecule has 5 rings (SSSR count). The molecule has 2 amide bonds. The van der Waals surface area contributed by atoms with Crippen LogP contribution in [0.1, 0.15) is 24.5 Å². The van der Waals surface area contributed by atoms with Crippen LogP contribution in [0.25, 0.3) is 11.0 Å². The third-order valence-electron chi connectivity index (χ3n) is 7.28. The maximum Gasteiger partial charge on any atom is 0.324 e. The van der Waals surface area contributed by atoms with E-state index in [-0.39, 0.29) is 23.5 Å². The van der Waals surface area contributed by atoms with Crippen molar-refractivity contribution < 1.29 is 9.53 Å². The zero-order valence-corrected chi connectivity index (χ0v) is 18.5. The molecule has 1 aromatic heterocycles. The van der Waals surface area contributed by atoms with Gasteiger partial charge in [0.1, 0.15) is 5.75 Å². The van der Waals surface area contributed by atoms with Gasteiger partial charge in [0.15, 0.2) is 0 Å². The van der Waals surface area contributed by atoms with Crippen LogP contribution in [0.2, 0.25) is 0 Å². The van der Waals surface area contributed by atoms with Crippen LogP contribution in [-0.4, -0.2) is 65.6 Å². The number of para-hydroxylation sites is 2. The highest BCUT2D eigenvalue weighted by Gasteiger charge is 2.52. The predicted octanol–water partition coefficient (Wildman–Crippen LogP) is 3.62. The number of benzene rings is 2. The Hall–Kier alpha value is -3.06. The second-order valence-electron chi connectivity index (χ2n) is 9.03. The quantitative estimate of drug-likeness (QED) is 0.680. The number of ether oxygens (including phenoxy) is 1. The van der Waals surface area contributed by atoms with Crippen molar-refractivity contribution in [1.82, 2.24) is 19.8 Å². The standard InChI is InChI=1S/C24H29N5O2/c1-24-11-12-28(2)20(13-15-9-10-16(31-4)14-17(15)24)21(24)29(3)23(30)27-22-25-18-7-5-6-8-19(18)26-22/h5-10,14,20-21H,11-13H2,1-4H3,(H2,25,26,27,30)/t20-,21+,24+/m1/s1. The van der Waals surface area contributed by atoms with Gasteiger partial charge in [-0.05, 0) is 61.8 Å². The Morgan fingerprint density at radius 3 is 2.90 bits per heavy atom. The number of carbonyl (C=O) groups is 1. The highest BCUT2D eigenvalue weighted by atomic mass is 16.5. The minimum absolute atomic E-state index is 0.0373. The molecule has 162 valence electrons. The summed E-state index contributed by atoms with van der Waals surface area (Å²) < 4.78 is 5.52. The fourth-order valence-electron chi connectivity index (χ4n) is 5.58. The Morgan fingerprint density at radius 1 is 1.32 bits per heavy atom. The molecule has 1 aliphatic carbocycles. The molecule has 7 heteroatoms. The number of piperidine rings is 1. The Balaban J connectivity index is 1.47. The summed E-state index contributed by atoms with van der Waals surface area (Å²) in [4.78, 5) is 25.3. The molecule has 2 bridgehead atoms. The minimum atomic E-state index is -0.154. The zero-order valence-electron chi connectivity index (χ0n) is 18.5. The molecule has 3 aromatic rings. The molecule has 1 aliphatic heterocycles. The largest absolute Gasteiger partial charge is 0.497 e. The second-order valence-corrected chi connectivity index (χ2v) is 9.03. The van der Waals surface area contributed by atoms with Gasteiger partial charge < -0.3 is 19.5 Å². The van der Waals surface area contributed by atoms with Crippen molar-refractivity contribution in [2.75, 3.05) is 33.1 Å². The van der Waals surface area contributed by atoms with Crippen molar-refractivity contribution in [2.45, 2.75) is 37.3 Å². The number of imidazole rings is 1. The number of amides is 2. The van der Waals surface area contributed by atoms with E-state index in [0.717, 1.165) is 36.2 Å². The van der Waals surface area contributed by atoms with Gasteiger partial charge in [0.25, 0.3) is 0 Å². The lowest BCUT2D eigenvalue weighted by Crippen LogP contribution is -2.67. The first-order valence-electron chi connectivity index (χ1n) is 10.8. The highest BCUT2D eigenvalue weighted by Crippen LogP contribution is 2.47. The maximum absolute atomic E-state index is 13.3. The second kappa shape index (κ2) is 7.27. The van der Waals surface area contributed by atoms with Gasteiger partial charge >= 0.3 is 6.03 Å². The Kier molecular flexibility index (Phi) is 4.66. The predicted molar refractivity (Wildman–Crippen MR) is 122 cm³/mol. The maximum atomic E-state index is 13.3. The van der Waals surface area contributed by atoms with Crippen LogP contribution in [0.5, 0.6) is 5.75 Å². The van der Waals surface area contributed by atoms with E-state index in [0.29, 0.717) is 5.95 Å². The van der Waals surface area contributed by atoms with Crippen molar-refractivity contribution in [1.29, 1.82) is 0 Å². The fourth-order valence-corrected chi connectivity index (χ4v) is 5.58. The monoisotopic (exact) mass is 419 g/mol. The number of hydrogen-bond acceptors (Lipinski definition) is 4. The van der Waals surface area contributed by atoms with E-state index >= 15 is 0 Å². The van der Waals surface area contributed by atoms with E-state index in [1.165, 1.54) is 11.1 Å². The molecule has 0 unspecified atom stereocenters. The van der Waals surface area contributed by atoms with Crippen LogP contribution in [0.3, 0.4) is 0 Å². The van der Waals surface area contributed by atoms with Gasteiger partial charge in [0, 0.05) is 18.5 Å². The molecule has 2 aliphatic rings. The van der Waals surface area contributed by atoms with Crippen LogP contribution in [0, 0.1) is 0 Å². The van der Waals surface area contributed by atoms with Crippen molar-refractivity contribution >= 4 is 23.0 Å². The third-order valence-corrected chi connectivity index (χ3v) is 7.28. The Labute approximate surface area is 182 Å². The first-order valence-corrected chi connectivity index (χ1v) is 10.8. The molecule has 3 atom stereocenters. The van der Waals surface area contributed by atoms with Crippen molar-refractivity contribution in [3.8, 4) is 5.75 Å². The summed E-state index contributed by atoms with van der Waals surface area (Å²) in [6.45, 7) is 3.30. The number of fused-ring (bicyclic) bond motifs is 5. The molecule has 0 spiro atoms. The number of nitrogens with zero attached hydrogens (tertiary/aromatic N) is 3. The summed E-state index contributed by atoms with van der Waals surface area (Å²) in [5.41, 5.74) is 4.23. The smallest absolute Gasteiger partial charge is 0.324 e. The third kappa shape index (κ3) is 3.15. The number of rotatable bonds is 3. The topological polar surface area (TPSA) is 73.5 Å². The van der Waals surface area contributed by atoms with E-state index in [1.54, 1.807) is 7.11 Å². The molecule has 31 heavy (non-hydrogen) atoms. The van der Waals surface area contributed by atoms with Crippen LogP contribution in [-0.2, 0) is 11.8 Å². The number of methoxy groups -OCH3 is 1. The molecular formula is C24H29N5O2. The summed E-state index contributed by atoms with van der Waals surface area (Å²) in [7, 11) is 5.77. The summed E-state index contributed by atoms with van der Waals surface area (Å²) in [6.07, 6.45) is 1.89. The number of hydrogen-bond donors (Lipinski definition) is 2. The number of nitrogens with one attached hydrogen (secondary N) is 2. The van der Waals surface area contributed by atoms with E-state index in [4.69, 9.17) is 4.74 Å². The van der Waals surface area contributed by atoms with Gasteiger partial charge in [-0.1, -0.05) is 25.1 Å². The van der Waals surface area contributed by atoms with E-state index in [9.17, 15) is 4.79 Å². The number of likely N-dealkylation sites (N-methyl/N-ethyl adjacent to an activating group) is 2. The average molecular weight is 420 g/mol. The lowest BCUT2D eigenvalue weighted by molar-refractivity contribution is 0.0213. The van der Waals surface area contributed by atoms with Gasteiger partial charge in [-0.3, -0.25) is 5.32 Å². The van der Waals surface area contributed by atoms with Gasteiger partial charge in [-0.25, -0.2) is 9.78 Å². The minimum Gasteiger partial charge on any atom is -0.497 e. The Bertz CT molecular complexity index is 1110. The molecule has 0 radical (unpaired) electrons. The Morgan fingerprint density at radius 2 is 2.13 bits per heavy atom. The molecule has 1 saturated heterocycles. The first-order chi connectivity index (χ1) is 14.9. The number of H-pyrrole nitrogens is 1. The van der Waals surface area contributed by atoms with Gasteiger partial charge in [0.05, 0.1) is 24.2 Å². The molecule has 2 heterocycles. The molecular weight excluding hydrogens is 390 g/mol. The number of urea groups is 1. The number of aromatic nitrogens is 2. The van der Waals surface area contributed by atoms with Crippen molar-refractivity contribution in [3.05, 3.63) is 53.6 Å². The van der Waals surface area contributed by atoms with E-state index in [2.05, 4.69) is 46.3 Å². The van der Waals surface area contributed by atoms with E-state index in [1.807, 2.05) is 42.3 Å². The van der Waals surface area contributed by atoms with Crippen LogP contribution in [0.4, 0.5) is 10.7 Å². The van der Waals surface area contributed by atoms with Crippen LogP contribution < -0.4 is 10.1 Å². The van der Waals surface area contributed by atoms with Gasteiger partial charge in [0.2, 0.25) is 5.95 Å². The molecule has 7 nitrogen and oxygen atoms in total. The number of anilines is 1. The lowest BCUT2D eigenvalue weighted by Gasteiger charge is -2.57. The van der Waals surface area contributed by atoms with Crippen LogP contribution in [0.15, 0.2) is 42.5 Å². The first kappa shape index (κ1) is 19.9. The summed E-state index contributed by atoms with van der Waals surface area (Å²) in [6, 6.07) is 14.3.